The molecule has 0 aliphatic rings. The van der Waals surface area contributed by atoms with Crippen molar-refractivity contribution in [2.75, 3.05) is 46.4 Å². The third-order valence-corrected chi connectivity index (χ3v) is 6.60. The first-order valence-electron chi connectivity index (χ1n) is 18.0. The van der Waals surface area contributed by atoms with E-state index in [4.69, 9.17) is 51.0 Å². The monoisotopic (exact) mass is 911 g/mol. The standard InChI is InChI=1S/C20H22N4O5.C16H23N3O4.2CH4O3S/c1-24(2)17(25)12-28-18(26)11-13-4-3-5-16(10-13)29-19(27)14-6-8-15(9-7-14)23-20(21)22;1-2-22-15(21)12-7-9-13(10-8-12)23-14(20)6-4-3-5-11-19-16(17)18;2*1-5(2,3)4/h3-10H,11-12H2,1-2H3,(H4,21,22,23);7-10H,2-6,11H2,1H3,(H4,17,18,19);2*1H3,(H,2,3,4). The quantitative estimate of drug-likeness (QED) is 0.0297. The van der Waals surface area contributed by atoms with Crippen LogP contribution in [-0.2, 0) is 50.5 Å². The van der Waals surface area contributed by atoms with E-state index in [1.54, 1.807) is 81.7 Å². The Balaban J connectivity index is 0.000001000. The van der Waals surface area contributed by atoms with Crippen LogP contribution in [0.3, 0.4) is 0 Å². The van der Waals surface area contributed by atoms with E-state index in [0.29, 0.717) is 66.6 Å². The van der Waals surface area contributed by atoms with Gasteiger partial charge in [-0.25, -0.2) is 14.6 Å². The summed E-state index contributed by atoms with van der Waals surface area (Å²) in [6.45, 7) is 2.30. The number of hydrogen-bond donors (Lipinski definition) is 6. The van der Waals surface area contributed by atoms with Gasteiger partial charge in [-0.2, -0.15) is 16.8 Å². The van der Waals surface area contributed by atoms with Crippen molar-refractivity contribution in [2.45, 2.75) is 39.0 Å². The molecule has 0 unspecified atom stereocenters. The topological polar surface area (TPSA) is 363 Å². The summed E-state index contributed by atoms with van der Waals surface area (Å²) in [6, 6.07) is 19.0. The molecule has 24 heteroatoms. The molecule has 0 saturated heterocycles. The van der Waals surface area contributed by atoms with Crippen molar-refractivity contribution in [2.24, 2.45) is 32.9 Å². The normalized spacial score (nSPS) is 10.2. The fourth-order valence-corrected chi connectivity index (χ4v) is 4.02. The van der Waals surface area contributed by atoms with Gasteiger partial charge < -0.3 is 46.8 Å². The van der Waals surface area contributed by atoms with Crippen LogP contribution in [0.1, 0.15) is 58.9 Å². The zero-order chi connectivity index (χ0) is 47.5. The van der Waals surface area contributed by atoms with Crippen LogP contribution in [0.25, 0.3) is 0 Å². The number of esters is 4. The molecular weight excluding hydrogens is 859 g/mol. The Kier molecular flexibility index (Phi) is 25.7. The van der Waals surface area contributed by atoms with E-state index in [1.165, 1.54) is 17.0 Å². The summed E-state index contributed by atoms with van der Waals surface area (Å²) in [5.74, 6) is -1.47. The van der Waals surface area contributed by atoms with Crippen LogP contribution in [-0.4, -0.2) is 119 Å². The molecule has 3 aromatic carbocycles. The molecule has 0 aliphatic carbocycles. The van der Waals surface area contributed by atoms with Crippen LogP contribution in [0.5, 0.6) is 11.5 Å². The largest absolute Gasteiger partial charge is 0.462 e. The highest BCUT2D eigenvalue weighted by Gasteiger charge is 2.13. The van der Waals surface area contributed by atoms with Gasteiger partial charge in [0.15, 0.2) is 18.5 Å². The van der Waals surface area contributed by atoms with Gasteiger partial charge in [-0.3, -0.25) is 28.5 Å². The van der Waals surface area contributed by atoms with E-state index in [-0.39, 0.29) is 42.6 Å². The molecule has 0 bridgehead atoms. The van der Waals surface area contributed by atoms with Crippen molar-refractivity contribution < 1.29 is 68.9 Å². The lowest BCUT2D eigenvalue weighted by Crippen LogP contribution is -2.27. The SMILES string of the molecule is CCOC(=O)c1ccc(OC(=O)CCCCCN=C(N)N)cc1.CN(C)C(=O)COC(=O)Cc1cccc(OC(=O)c2ccc(N=C(N)N)cc2)c1.CS(=O)(=O)O.CS(=O)(=O)O. The van der Waals surface area contributed by atoms with Gasteiger partial charge in [-0.1, -0.05) is 18.6 Å². The number of amides is 1. The summed E-state index contributed by atoms with van der Waals surface area (Å²) in [5.41, 5.74) is 22.9. The minimum Gasteiger partial charge on any atom is -0.462 e. The molecule has 0 fully saturated rings. The molecule has 62 heavy (non-hydrogen) atoms. The Morgan fingerprint density at radius 3 is 1.74 bits per heavy atom. The Morgan fingerprint density at radius 2 is 1.23 bits per heavy atom. The average Bonchev–Trinajstić information content (AvgIpc) is 3.14. The number of unbranched alkanes of at least 4 members (excludes halogenated alkanes) is 2. The van der Waals surface area contributed by atoms with Gasteiger partial charge in [0.05, 0.1) is 42.4 Å². The Bertz CT molecular complexity index is 2140. The third-order valence-electron chi connectivity index (χ3n) is 6.60. The van der Waals surface area contributed by atoms with E-state index in [9.17, 15) is 40.8 Å². The summed E-state index contributed by atoms with van der Waals surface area (Å²) in [6.07, 6.45) is 4.06. The van der Waals surface area contributed by atoms with Crippen molar-refractivity contribution in [3.8, 4) is 11.5 Å². The zero-order valence-electron chi connectivity index (χ0n) is 34.8. The lowest BCUT2D eigenvalue weighted by atomic mass is 10.1. The number of nitrogens with zero attached hydrogens (tertiary/aromatic N) is 3. The third kappa shape index (κ3) is 31.3. The number of aliphatic imine (C=N–C) groups is 2. The average molecular weight is 912 g/mol. The molecule has 3 rings (SSSR count). The summed E-state index contributed by atoms with van der Waals surface area (Å²) in [5, 5.41) is 0. The molecule has 1 amide bonds. The molecule has 0 atom stereocenters. The Morgan fingerprint density at radius 1 is 0.677 bits per heavy atom. The molecule has 3 aromatic rings. The van der Waals surface area contributed by atoms with Crippen LogP contribution >= 0.6 is 0 Å². The first-order valence-corrected chi connectivity index (χ1v) is 21.7. The fraction of sp³-hybridized carbons (Fsp3) is 0.342. The predicted octanol–water partition coefficient (Wildman–Crippen LogP) is 1.60. The van der Waals surface area contributed by atoms with Gasteiger partial charge in [-0.15, -0.1) is 0 Å². The molecule has 0 radical (unpaired) electrons. The summed E-state index contributed by atoms with van der Waals surface area (Å²) >= 11 is 0. The number of likely N-dealkylation sites (N-methyl/N-ethyl adjacent to an activating group) is 1. The van der Waals surface area contributed by atoms with Gasteiger partial charge in [-0.05, 0) is 86.0 Å². The second-order valence-corrected chi connectivity index (χ2v) is 15.5. The van der Waals surface area contributed by atoms with Crippen LogP contribution < -0.4 is 32.4 Å². The number of carbonyl (C=O) groups is 5. The Labute approximate surface area is 359 Å². The van der Waals surface area contributed by atoms with Crippen molar-refractivity contribution in [3.05, 3.63) is 89.5 Å². The van der Waals surface area contributed by atoms with Gasteiger partial charge >= 0.3 is 23.9 Å². The van der Waals surface area contributed by atoms with E-state index in [2.05, 4.69) is 9.98 Å². The van der Waals surface area contributed by atoms with Crippen molar-refractivity contribution in [1.29, 1.82) is 0 Å². The van der Waals surface area contributed by atoms with E-state index < -0.39 is 38.1 Å². The lowest BCUT2D eigenvalue weighted by molar-refractivity contribution is -0.150. The molecule has 342 valence electrons. The Hall–Kier alpha value is -6.63. The molecule has 0 aromatic heterocycles. The number of carbonyl (C=O) groups excluding carboxylic acids is 5. The highest BCUT2D eigenvalue weighted by Crippen LogP contribution is 2.18. The number of guanidine groups is 2. The smallest absolute Gasteiger partial charge is 0.343 e. The second kappa shape index (κ2) is 28.8. The van der Waals surface area contributed by atoms with Crippen LogP contribution in [0.2, 0.25) is 0 Å². The van der Waals surface area contributed by atoms with Crippen molar-refractivity contribution >= 4 is 67.6 Å². The highest BCUT2D eigenvalue weighted by atomic mass is 32.2. The number of benzene rings is 3. The van der Waals surface area contributed by atoms with E-state index in [1.807, 2.05) is 0 Å². The first-order chi connectivity index (χ1) is 28.8. The molecule has 0 aliphatic heterocycles. The molecule has 0 heterocycles. The summed E-state index contributed by atoms with van der Waals surface area (Å²) in [4.78, 5) is 67.9. The van der Waals surface area contributed by atoms with Crippen molar-refractivity contribution in [1.82, 2.24) is 4.90 Å². The molecule has 10 N–H and O–H groups in total. The minimum absolute atomic E-state index is 0.0562. The molecule has 0 spiro atoms. The number of ether oxygens (including phenoxy) is 4. The summed E-state index contributed by atoms with van der Waals surface area (Å²) < 4.78 is 72.1. The van der Waals surface area contributed by atoms with Gasteiger partial charge in [0, 0.05) is 27.1 Å². The van der Waals surface area contributed by atoms with Crippen LogP contribution in [0.4, 0.5) is 5.69 Å². The minimum atomic E-state index is -3.67. The fourth-order valence-electron chi connectivity index (χ4n) is 4.02. The van der Waals surface area contributed by atoms with Gasteiger partial charge in [0.25, 0.3) is 26.1 Å². The van der Waals surface area contributed by atoms with Crippen LogP contribution in [0, 0.1) is 0 Å². The highest BCUT2D eigenvalue weighted by molar-refractivity contribution is 7.85. The zero-order valence-corrected chi connectivity index (χ0v) is 36.4. The number of hydrogen-bond acceptors (Lipinski definition) is 15. The summed E-state index contributed by atoms with van der Waals surface area (Å²) in [7, 11) is -4.19. The van der Waals surface area contributed by atoms with E-state index >= 15 is 0 Å². The number of rotatable bonds is 16. The second-order valence-electron chi connectivity index (χ2n) is 12.5. The lowest BCUT2D eigenvalue weighted by Gasteiger charge is -2.10. The first kappa shape index (κ1) is 55.4. The maximum atomic E-state index is 12.3. The van der Waals surface area contributed by atoms with Crippen molar-refractivity contribution in [3.63, 3.8) is 0 Å². The predicted molar refractivity (Wildman–Crippen MR) is 229 cm³/mol. The van der Waals surface area contributed by atoms with E-state index in [0.717, 1.165) is 12.8 Å². The molecule has 22 nitrogen and oxygen atoms in total. The van der Waals surface area contributed by atoms with Gasteiger partial charge in [0.2, 0.25) is 0 Å². The molecular formula is C38H53N7O15S2. The van der Waals surface area contributed by atoms with Crippen LogP contribution in [0.15, 0.2) is 82.8 Å². The maximum Gasteiger partial charge on any atom is 0.343 e. The maximum absolute atomic E-state index is 12.3. The van der Waals surface area contributed by atoms with Gasteiger partial charge in [0.1, 0.15) is 11.5 Å². The number of nitrogens with two attached hydrogens (primary N) is 4. The molecule has 0 saturated carbocycles.